The minimum Gasteiger partial charge on any atom is -0.494 e. The van der Waals surface area contributed by atoms with Gasteiger partial charge in [0.05, 0.1) is 12.6 Å². The van der Waals surface area contributed by atoms with Crippen molar-refractivity contribution in [2.75, 3.05) is 6.61 Å². The van der Waals surface area contributed by atoms with E-state index in [0.29, 0.717) is 5.82 Å². The molecule has 2 N–H and O–H groups in total. The van der Waals surface area contributed by atoms with Gasteiger partial charge in [0.15, 0.2) is 5.82 Å². The number of benzene rings is 1. The molecule has 1 atom stereocenters. The van der Waals surface area contributed by atoms with Crippen LogP contribution < -0.4 is 10.1 Å². The van der Waals surface area contributed by atoms with Crippen molar-refractivity contribution in [3.8, 4) is 5.75 Å². The van der Waals surface area contributed by atoms with Crippen LogP contribution in [0.4, 0.5) is 0 Å². The van der Waals surface area contributed by atoms with Gasteiger partial charge in [-0.05, 0) is 31.0 Å². The molecule has 0 amide bonds. The molecule has 0 bridgehead atoms. The SMILES string of the molecule is CCCOc1ccc(CNC(C)c2nn[nH]n2)cc1. The van der Waals surface area contributed by atoms with E-state index in [2.05, 4.69) is 45.0 Å². The highest BCUT2D eigenvalue weighted by Gasteiger charge is 2.08. The Morgan fingerprint density at radius 1 is 1.32 bits per heavy atom. The molecule has 0 aliphatic heterocycles. The molecular formula is C13H19N5O. The Bertz CT molecular complexity index is 468. The Morgan fingerprint density at radius 3 is 2.74 bits per heavy atom. The number of aromatic nitrogens is 4. The van der Waals surface area contributed by atoms with Crippen LogP contribution in [-0.2, 0) is 6.54 Å². The van der Waals surface area contributed by atoms with Gasteiger partial charge in [-0.1, -0.05) is 24.3 Å². The largest absolute Gasteiger partial charge is 0.494 e. The van der Waals surface area contributed by atoms with Crippen LogP contribution in [0.25, 0.3) is 0 Å². The molecule has 0 saturated carbocycles. The second-order valence-corrected chi connectivity index (χ2v) is 4.37. The van der Waals surface area contributed by atoms with Gasteiger partial charge in [-0.25, -0.2) is 0 Å². The maximum atomic E-state index is 5.54. The highest BCUT2D eigenvalue weighted by atomic mass is 16.5. The summed E-state index contributed by atoms with van der Waals surface area (Å²) in [7, 11) is 0. The lowest BCUT2D eigenvalue weighted by atomic mass is 10.2. The Balaban J connectivity index is 1.82. The molecule has 2 rings (SSSR count). The van der Waals surface area contributed by atoms with Crippen LogP contribution in [-0.4, -0.2) is 27.2 Å². The first-order chi connectivity index (χ1) is 9.29. The fraction of sp³-hybridized carbons (Fsp3) is 0.462. The van der Waals surface area contributed by atoms with Crippen LogP contribution in [0.1, 0.15) is 37.7 Å². The molecule has 6 heteroatoms. The summed E-state index contributed by atoms with van der Waals surface area (Å²) in [5, 5.41) is 17.2. The second-order valence-electron chi connectivity index (χ2n) is 4.37. The molecule has 0 radical (unpaired) electrons. The van der Waals surface area contributed by atoms with E-state index in [0.717, 1.165) is 25.3 Å². The summed E-state index contributed by atoms with van der Waals surface area (Å²) in [5.41, 5.74) is 1.19. The normalized spacial score (nSPS) is 12.3. The van der Waals surface area contributed by atoms with Gasteiger partial charge in [0.25, 0.3) is 0 Å². The highest BCUT2D eigenvalue weighted by Crippen LogP contribution is 2.13. The monoisotopic (exact) mass is 261 g/mol. The third-order valence-electron chi connectivity index (χ3n) is 2.76. The van der Waals surface area contributed by atoms with Crippen molar-refractivity contribution in [2.45, 2.75) is 32.9 Å². The summed E-state index contributed by atoms with van der Waals surface area (Å²) in [6, 6.07) is 8.16. The topological polar surface area (TPSA) is 75.7 Å². The lowest BCUT2D eigenvalue weighted by Gasteiger charge is -2.10. The van der Waals surface area contributed by atoms with Crippen molar-refractivity contribution in [2.24, 2.45) is 0 Å². The van der Waals surface area contributed by atoms with Gasteiger partial charge in [-0.15, -0.1) is 10.2 Å². The minimum absolute atomic E-state index is 0.0646. The van der Waals surface area contributed by atoms with Gasteiger partial charge < -0.3 is 10.1 Å². The minimum atomic E-state index is 0.0646. The molecular weight excluding hydrogens is 242 g/mol. The van der Waals surface area contributed by atoms with E-state index in [1.54, 1.807) is 0 Å². The van der Waals surface area contributed by atoms with Crippen molar-refractivity contribution >= 4 is 0 Å². The van der Waals surface area contributed by atoms with Crippen molar-refractivity contribution in [3.63, 3.8) is 0 Å². The van der Waals surface area contributed by atoms with Crippen LogP contribution in [0, 0.1) is 0 Å². The zero-order chi connectivity index (χ0) is 13.5. The van der Waals surface area contributed by atoms with Crippen LogP contribution in [0.5, 0.6) is 5.75 Å². The van der Waals surface area contributed by atoms with E-state index in [-0.39, 0.29) is 6.04 Å². The summed E-state index contributed by atoms with van der Waals surface area (Å²) in [6.07, 6.45) is 1.02. The molecule has 19 heavy (non-hydrogen) atoms. The third kappa shape index (κ3) is 4.03. The molecule has 0 aliphatic rings. The zero-order valence-corrected chi connectivity index (χ0v) is 11.3. The Morgan fingerprint density at radius 2 is 2.11 bits per heavy atom. The Hall–Kier alpha value is -1.95. The van der Waals surface area contributed by atoms with Crippen LogP contribution in [0.15, 0.2) is 24.3 Å². The summed E-state index contributed by atoms with van der Waals surface area (Å²) in [4.78, 5) is 0. The van der Waals surface area contributed by atoms with Crippen molar-refractivity contribution < 1.29 is 4.74 Å². The number of hydrogen-bond acceptors (Lipinski definition) is 5. The van der Waals surface area contributed by atoms with E-state index in [1.165, 1.54) is 5.56 Å². The van der Waals surface area contributed by atoms with Crippen LogP contribution in [0.2, 0.25) is 0 Å². The highest BCUT2D eigenvalue weighted by molar-refractivity contribution is 5.27. The number of hydrogen-bond donors (Lipinski definition) is 2. The molecule has 6 nitrogen and oxygen atoms in total. The first-order valence-electron chi connectivity index (χ1n) is 6.48. The second kappa shape index (κ2) is 6.84. The maximum Gasteiger partial charge on any atom is 0.191 e. The molecule has 1 heterocycles. The molecule has 0 spiro atoms. The first-order valence-corrected chi connectivity index (χ1v) is 6.48. The molecule has 1 unspecified atom stereocenters. The molecule has 102 valence electrons. The van der Waals surface area contributed by atoms with Gasteiger partial charge in [0.2, 0.25) is 0 Å². The van der Waals surface area contributed by atoms with Crippen LogP contribution in [0.3, 0.4) is 0 Å². The standard InChI is InChI=1S/C13H19N5O/c1-3-8-19-12-6-4-11(5-7-12)9-14-10(2)13-15-17-18-16-13/h4-7,10,14H,3,8-9H2,1-2H3,(H,15,16,17,18). The first kappa shape index (κ1) is 13.5. The van der Waals surface area contributed by atoms with Gasteiger partial charge in [0.1, 0.15) is 5.75 Å². The van der Waals surface area contributed by atoms with E-state index in [9.17, 15) is 0 Å². The van der Waals surface area contributed by atoms with E-state index >= 15 is 0 Å². The number of aromatic amines is 1. The smallest absolute Gasteiger partial charge is 0.191 e. The van der Waals surface area contributed by atoms with Gasteiger partial charge in [-0.2, -0.15) is 5.21 Å². The average Bonchev–Trinajstić information content (AvgIpc) is 2.98. The quantitative estimate of drug-likeness (QED) is 0.795. The fourth-order valence-corrected chi connectivity index (χ4v) is 1.64. The number of H-pyrrole nitrogens is 1. The number of tetrazole rings is 1. The Kier molecular flexibility index (Phi) is 4.85. The summed E-state index contributed by atoms with van der Waals surface area (Å²) in [5.74, 6) is 1.58. The third-order valence-corrected chi connectivity index (χ3v) is 2.76. The van der Waals surface area contributed by atoms with Crippen LogP contribution >= 0.6 is 0 Å². The molecule has 2 aromatic rings. The van der Waals surface area contributed by atoms with Gasteiger partial charge >= 0.3 is 0 Å². The molecule has 0 saturated heterocycles. The van der Waals surface area contributed by atoms with Crippen molar-refractivity contribution in [3.05, 3.63) is 35.7 Å². The van der Waals surface area contributed by atoms with Gasteiger partial charge in [-0.3, -0.25) is 0 Å². The number of nitrogens with one attached hydrogen (secondary N) is 2. The summed E-state index contributed by atoms with van der Waals surface area (Å²) in [6.45, 7) is 5.61. The molecule has 1 aromatic carbocycles. The van der Waals surface area contributed by atoms with Gasteiger partial charge in [0, 0.05) is 6.54 Å². The molecule has 0 fully saturated rings. The number of rotatable bonds is 7. The van der Waals surface area contributed by atoms with Crippen molar-refractivity contribution in [1.29, 1.82) is 0 Å². The van der Waals surface area contributed by atoms with E-state index in [4.69, 9.17) is 4.74 Å². The van der Waals surface area contributed by atoms with E-state index < -0.39 is 0 Å². The molecule has 1 aromatic heterocycles. The number of nitrogens with zero attached hydrogens (tertiary/aromatic N) is 3. The Labute approximate surface area is 112 Å². The predicted molar refractivity (Wildman–Crippen MR) is 71.7 cm³/mol. The summed E-state index contributed by atoms with van der Waals surface area (Å²) >= 11 is 0. The predicted octanol–water partition coefficient (Wildman–Crippen LogP) is 1.84. The summed E-state index contributed by atoms with van der Waals surface area (Å²) < 4.78 is 5.54. The van der Waals surface area contributed by atoms with E-state index in [1.807, 2.05) is 19.1 Å². The lowest BCUT2D eigenvalue weighted by Crippen LogP contribution is -2.19. The fourth-order valence-electron chi connectivity index (χ4n) is 1.64. The lowest BCUT2D eigenvalue weighted by molar-refractivity contribution is 0.317. The number of ether oxygens (including phenoxy) is 1. The zero-order valence-electron chi connectivity index (χ0n) is 11.3. The average molecular weight is 261 g/mol. The molecule has 0 aliphatic carbocycles. The maximum absolute atomic E-state index is 5.54. The van der Waals surface area contributed by atoms with Crippen molar-refractivity contribution in [1.82, 2.24) is 25.9 Å².